The molecule has 0 aliphatic carbocycles. The molecule has 1 atom stereocenters. The fourth-order valence-electron chi connectivity index (χ4n) is 3.61. The molecule has 0 radical (unpaired) electrons. The first-order valence-electron chi connectivity index (χ1n) is 8.13. The highest BCUT2D eigenvalue weighted by Gasteiger charge is 2.33. The van der Waals surface area contributed by atoms with Gasteiger partial charge in [-0.25, -0.2) is 8.78 Å². The normalized spacial score (nSPS) is 15.3. The smallest absolute Gasteiger partial charge is 0.315 e. The minimum Gasteiger partial charge on any atom is -0.481 e. The summed E-state index contributed by atoms with van der Waals surface area (Å²) < 4.78 is 28.3. The second-order valence-electron chi connectivity index (χ2n) is 6.26. The van der Waals surface area contributed by atoms with Gasteiger partial charge < -0.3 is 10.0 Å². The largest absolute Gasteiger partial charge is 0.481 e. The highest BCUT2D eigenvalue weighted by atomic mass is 19.1. The van der Waals surface area contributed by atoms with E-state index >= 15 is 0 Å². The van der Waals surface area contributed by atoms with Gasteiger partial charge in [-0.1, -0.05) is 36.4 Å². The van der Waals surface area contributed by atoms with E-state index in [-0.39, 0.29) is 5.56 Å². The monoisotopic (exact) mass is 351 g/mol. The number of hydrogen-bond donors (Lipinski definition) is 1. The van der Waals surface area contributed by atoms with Crippen LogP contribution in [0.5, 0.6) is 0 Å². The van der Waals surface area contributed by atoms with Gasteiger partial charge >= 0.3 is 5.97 Å². The van der Waals surface area contributed by atoms with Crippen molar-refractivity contribution in [1.82, 2.24) is 0 Å². The second-order valence-corrected chi connectivity index (χ2v) is 6.26. The molecule has 1 aliphatic rings. The number of carboxylic acid groups (broad SMARTS) is 1. The summed E-state index contributed by atoms with van der Waals surface area (Å²) in [5, 5.41) is 9.75. The molecule has 130 valence electrons. The van der Waals surface area contributed by atoms with E-state index in [0.717, 1.165) is 5.69 Å². The molecule has 3 aromatic carbocycles. The zero-order valence-electron chi connectivity index (χ0n) is 13.9. The van der Waals surface area contributed by atoms with E-state index in [2.05, 4.69) is 0 Å². The number of rotatable bonds is 2. The molecule has 3 nitrogen and oxygen atoms in total. The maximum atomic E-state index is 14.2. The standard InChI is InChI=1S/C21H15F2NO2/c1-24-17-8-3-2-5-13(17)20(21(25)26)14-10-9-12(11-18(14)24)19-15(22)6-4-7-16(19)23/h2-11,20H,1H3,(H,25,26). The number of benzene rings is 3. The lowest BCUT2D eigenvalue weighted by Crippen LogP contribution is -2.25. The predicted molar refractivity (Wildman–Crippen MR) is 95.8 cm³/mol. The van der Waals surface area contributed by atoms with E-state index < -0.39 is 23.5 Å². The van der Waals surface area contributed by atoms with Crippen LogP contribution < -0.4 is 4.90 Å². The molecular formula is C21H15F2NO2. The summed E-state index contributed by atoms with van der Waals surface area (Å²) in [6.07, 6.45) is 0. The maximum absolute atomic E-state index is 14.2. The number of carbonyl (C=O) groups is 1. The second kappa shape index (κ2) is 5.95. The van der Waals surface area contributed by atoms with Gasteiger partial charge in [0.1, 0.15) is 17.6 Å². The summed E-state index contributed by atoms with van der Waals surface area (Å²) in [6.45, 7) is 0. The third-order valence-electron chi connectivity index (χ3n) is 4.81. The van der Waals surface area contributed by atoms with E-state index in [1.165, 1.54) is 18.2 Å². The molecule has 0 spiro atoms. The number of carboxylic acids is 1. The fraction of sp³-hybridized carbons (Fsp3) is 0.0952. The van der Waals surface area contributed by atoms with E-state index in [9.17, 15) is 18.7 Å². The Bertz CT molecular complexity index is 1010. The maximum Gasteiger partial charge on any atom is 0.315 e. The van der Waals surface area contributed by atoms with Gasteiger partial charge in [0.2, 0.25) is 0 Å². The number of halogens is 2. The third kappa shape index (κ3) is 2.36. The third-order valence-corrected chi connectivity index (χ3v) is 4.81. The van der Waals surface area contributed by atoms with Crippen molar-refractivity contribution in [3.63, 3.8) is 0 Å². The molecule has 3 aromatic rings. The molecule has 0 bridgehead atoms. The van der Waals surface area contributed by atoms with Crippen LogP contribution in [0.3, 0.4) is 0 Å². The van der Waals surface area contributed by atoms with Crippen LogP contribution in [0.2, 0.25) is 0 Å². The van der Waals surface area contributed by atoms with Gasteiger partial charge in [-0.15, -0.1) is 0 Å². The van der Waals surface area contributed by atoms with Crippen LogP contribution in [0.1, 0.15) is 17.0 Å². The van der Waals surface area contributed by atoms with Crippen molar-refractivity contribution in [2.75, 3.05) is 11.9 Å². The fourth-order valence-corrected chi connectivity index (χ4v) is 3.61. The molecule has 26 heavy (non-hydrogen) atoms. The lowest BCUT2D eigenvalue weighted by Gasteiger charge is -2.34. The van der Waals surface area contributed by atoms with Gasteiger partial charge in [0, 0.05) is 18.4 Å². The Kier molecular flexibility index (Phi) is 3.72. The molecule has 1 unspecified atom stereocenters. The molecule has 0 saturated carbocycles. The zero-order valence-corrected chi connectivity index (χ0v) is 13.9. The van der Waals surface area contributed by atoms with Gasteiger partial charge in [0.25, 0.3) is 0 Å². The van der Waals surface area contributed by atoms with E-state index in [4.69, 9.17) is 0 Å². The minimum absolute atomic E-state index is 0.116. The topological polar surface area (TPSA) is 40.5 Å². The summed E-state index contributed by atoms with van der Waals surface area (Å²) in [4.78, 5) is 13.8. The van der Waals surface area contributed by atoms with Crippen molar-refractivity contribution >= 4 is 17.3 Å². The predicted octanol–water partition coefficient (Wildman–Crippen LogP) is 4.93. The summed E-state index contributed by atoms with van der Waals surface area (Å²) in [5.41, 5.74) is 2.93. The van der Waals surface area contributed by atoms with Gasteiger partial charge in [0.15, 0.2) is 0 Å². The van der Waals surface area contributed by atoms with Crippen LogP contribution in [0, 0.1) is 11.6 Å². The van der Waals surface area contributed by atoms with Crippen molar-refractivity contribution in [2.24, 2.45) is 0 Å². The van der Waals surface area contributed by atoms with Gasteiger partial charge in [-0.2, -0.15) is 0 Å². The lowest BCUT2D eigenvalue weighted by atomic mass is 9.84. The molecule has 1 heterocycles. The van der Waals surface area contributed by atoms with Gasteiger partial charge in [0.05, 0.1) is 5.56 Å². The molecule has 4 rings (SSSR count). The molecular weight excluding hydrogens is 336 g/mol. The van der Waals surface area contributed by atoms with Crippen molar-refractivity contribution < 1.29 is 18.7 Å². The van der Waals surface area contributed by atoms with E-state index in [1.807, 2.05) is 24.1 Å². The van der Waals surface area contributed by atoms with Crippen LogP contribution in [0.25, 0.3) is 11.1 Å². The first-order chi connectivity index (χ1) is 12.5. The van der Waals surface area contributed by atoms with Crippen LogP contribution in [-0.4, -0.2) is 18.1 Å². The van der Waals surface area contributed by atoms with Crippen LogP contribution in [0.4, 0.5) is 20.2 Å². The molecule has 0 fully saturated rings. The van der Waals surface area contributed by atoms with Crippen LogP contribution >= 0.6 is 0 Å². The Morgan fingerprint density at radius 2 is 1.58 bits per heavy atom. The Hall–Kier alpha value is -3.21. The van der Waals surface area contributed by atoms with E-state index in [1.54, 1.807) is 30.3 Å². The minimum atomic E-state index is -0.961. The summed E-state index contributed by atoms with van der Waals surface area (Å²) in [5.74, 6) is -3.09. The SMILES string of the molecule is CN1c2ccccc2C(C(=O)O)c2ccc(-c3c(F)cccc3F)cc21. The first-order valence-corrected chi connectivity index (χ1v) is 8.13. The van der Waals surface area contributed by atoms with Crippen LogP contribution in [0.15, 0.2) is 60.7 Å². The Morgan fingerprint density at radius 3 is 2.27 bits per heavy atom. The van der Waals surface area contributed by atoms with Gasteiger partial charge in [-0.3, -0.25) is 4.79 Å². The average Bonchev–Trinajstić information content (AvgIpc) is 2.62. The molecule has 0 aromatic heterocycles. The number of nitrogens with zero attached hydrogens (tertiary/aromatic N) is 1. The average molecular weight is 351 g/mol. The summed E-state index contributed by atoms with van der Waals surface area (Å²) >= 11 is 0. The number of para-hydroxylation sites is 1. The Labute approximate surface area is 149 Å². The first kappa shape index (κ1) is 16.3. The highest BCUT2D eigenvalue weighted by Crippen LogP contribution is 2.46. The van der Waals surface area contributed by atoms with E-state index in [0.29, 0.717) is 22.4 Å². The zero-order chi connectivity index (χ0) is 18.4. The number of fused-ring (bicyclic) bond motifs is 2. The summed E-state index contributed by atoms with van der Waals surface area (Å²) in [7, 11) is 1.82. The van der Waals surface area contributed by atoms with Crippen molar-refractivity contribution in [3.8, 4) is 11.1 Å². The van der Waals surface area contributed by atoms with Crippen molar-refractivity contribution in [2.45, 2.75) is 5.92 Å². The number of anilines is 2. The molecule has 1 aliphatic heterocycles. The quantitative estimate of drug-likeness (QED) is 0.712. The highest BCUT2D eigenvalue weighted by molar-refractivity contribution is 5.91. The Morgan fingerprint density at radius 1 is 0.923 bits per heavy atom. The molecule has 5 heteroatoms. The molecule has 1 N–H and O–H groups in total. The molecule has 0 amide bonds. The molecule has 0 saturated heterocycles. The summed E-state index contributed by atoms with van der Waals surface area (Å²) in [6, 6.07) is 15.8. The van der Waals surface area contributed by atoms with Gasteiger partial charge in [-0.05, 0) is 41.0 Å². The lowest BCUT2D eigenvalue weighted by molar-refractivity contribution is -0.137. The Balaban J connectivity index is 1.94. The van der Waals surface area contributed by atoms with Crippen molar-refractivity contribution in [1.29, 1.82) is 0 Å². The number of hydrogen-bond acceptors (Lipinski definition) is 2. The van der Waals surface area contributed by atoms with Crippen molar-refractivity contribution in [3.05, 3.63) is 83.4 Å². The van der Waals surface area contributed by atoms with Crippen LogP contribution in [-0.2, 0) is 4.79 Å². The number of aliphatic carboxylic acids is 1.